The van der Waals surface area contributed by atoms with E-state index in [0.29, 0.717) is 24.3 Å². The summed E-state index contributed by atoms with van der Waals surface area (Å²) in [4.78, 5) is 12.7. The van der Waals surface area contributed by atoms with E-state index in [1.54, 1.807) is 40.7 Å². The van der Waals surface area contributed by atoms with Gasteiger partial charge in [-0.1, -0.05) is 12.8 Å². The van der Waals surface area contributed by atoms with Crippen molar-refractivity contribution in [1.82, 2.24) is 24.5 Å². The summed E-state index contributed by atoms with van der Waals surface area (Å²) in [6, 6.07) is 13.1. The standard InChI is InChI=1S/C20H22N6O3S/c27-20(16-5-9-18(10-6-16)26-15-21-23-24-26)22-17-7-11-19(12-8-17)30(28,29)25-13-3-1-2-4-14-25/h5-12,15H,1-4,13-14H2,(H,22,27). The molecular weight excluding hydrogens is 404 g/mol. The molecule has 1 aliphatic rings. The molecule has 156 valence electrons. The molecule has 0 unspecified atom stereocenters. The molecule has 1 aromatic heterocycles. The Morgan fingerprint density at radius 1 is 0.900 bits per heavy atom. The molecule has 1 fully saturated rings. The minimum atomic E-state index is -3.51. The Balaban J connectivity index is 1.43. The first-order chi connectivity index (χ1) is 14.5. The van der Waals surface area contributed by atoms with Gasteiger partial charge in [0.1, 0.15) is 6.33 Å². The van der Waals surface area contributed by atoms with Gasteiger partial charge in [0.05, 0.1) is 10.6 Å². The summed E-state index contributed by atoms with van der Waals surface area (Å²) in [5.74, 6) is -0.290. The first-order valence-corrected chi connectivity index (χ1v) is 11.2. The van der Waals surface area contributed by atoms with Crippen molar-refractivity contribution in [3.8, 4) is 5.69 Å². The van der Waals surface area contributed by atoms with Crippen LogP contribution >= 0.6 is 0 Å². The minimum absolute atomic E-state index is 0.244. The minimum Gasteiger partial charge on any atom is -0.322 e. The highest BCUT2D eigenvalue weighted by atomic mass is 32.2. The monoisotopic (exact) mass is 426 g/mol. The third-order valence-corrected chi connectivity index (χ3v) is 6.97. The summed E-state index contributed by atoms with van der Waals surface area (Å²) < 4.78 is 28.7. The van der Waals surface area contributed by atoms with E-state index in [1.807, 2.05) is 0 Å². The molecule has 1 aliphatic heterocycles. The lowest BCUT2D eigenvalue weighted by Crippen LogP contribution is -2.31. The fourth-order valence-corrected chi connectivity index (χ4v) is 4.91. The number of nitrogens with zero attached hydrogens (tertiary/aromatic N) is 5. The third kappa shape index (κ3) is 4.39. The number of rotatable bonds is 5. The Morgan fingerprint density at radius 2 is 1.57 bits per heavy atom. The second kappa shape index (κ2) is 8.72. The molecule has 2 aromatic carbocycles. The van der Waals surface area contributed by atoms with Crippen molar-refractivity contribution >= 4 is 21.6 Å². The van der Waals surface area contributed by atoms with E-state index in [2.05, 4.69) is 20.8 Å². The predicted octanol–water partition coefficient (Wildman–Crippen LogP) is 2.48. The molecule has 2 heterocycles. The second-order valence-electron chi connectivity index (χ2n) is 7.10. The van der Waals surface area contributed by atoms with E-state index in [9.17, 15) is 13.2 Å². The molecule has 1 N–H and O–H groups in total. The fourth-order valence-electron chi connectivity index (χ4n) is 3.39. The average Bonchev–Trinajstić information content (AvgIpc) is 3.16. The zero-order valence-corrected chi connectivity index (χ0v) is 17.1. The maximum absolute atomic E-state index is 12.8. The van der Waals surface area contributed by atoms with E-state index in [4.69, 9.17) is 0 Å². The van der Waals surface area contributed by atoms with Crippen LogP contribution in [0.2, 0.25) is 0 Å². The highest BCUT2D eigenvalue weighted by Gasteiger charge is 2.25. The first kappa shape index (κ1) is 20.2. The number of benzene rings is 2. The third-order valence-electron chi connectivity index (χ3n) is 5.06. The normalized spacial score (nSPS) is 15.5. The molecular formula is C20H22N6O3S. The van der Waals surface area contributed by atoms with Crippen LogP contribution in [0.25, 0.3) is 5.69 Å². The molecule has 1 amide bonds. The SMILES string of the molecule is O=C(Nc1ccc(S(=O)(=O)N2CCCCCC2)cc1)c1ccc(-n2cnnn2)cc1. The highest BCUT2D eigenvalue weighted by Crippen LogP contribution is 2.22. The van der Waals surface area contributed by atoms with Gasteiger partial charge in [-0.05, 0) is 71.8 Å². The second-order valence-corrected chi connectivity index (χ2v) is 9.04. The van der Waals surface area contributed by atoms with Crippen LogP contribution in [0.3, 0.4) is 0 Å². The maximum Gasteiger partial charge on any atom is 0.255 e. The molecule has 0 atom stereocenters. The van der Waals surface area contributed by atoms with Crippen molar-refractivity contribution in [3.63, 3.8) is 0 Å². The van der Waals surface area contributed by atoms with Crippen LogP contribution in [0.5, 0.6) is 0 Å². The first-order valence-electron chi connectivity index (χ1n) is 9.79. The largest absolute Gasteiger partial charge is 0.322 e. The number of sulfonamides is 1. The molecule has 0 spiro atoms. The number of carbonyl (C=O) groups is 1. The van der Waals surface area contributed by atoms with Gasteiger partial charge in [0.2, 0.25) is 10.0 Å². The van der Waals surface area contributed by atoms with E-state index in [-0.39, 0.29) is 10.8 Å². The van der Waals surface area contributed by atoms with Crippen LogP contribution in [0.4, 0.5) is 5.69 Å². The van der Waals surface area contributed by atoms with E-state index in [0.717, 1.165) is 31.4 Å². The van der Waals surface area contributed by atoms with Gasteiger partial charge in [0.15, 0.2) is 0 Å². The Kier molecular flexibility index (Phi) is 5.86. The van der Waals surface area contributed by atoms with Gasteiger partial charge < -0.3 is 5.32 Å². The topological polar surface area (TPSA) is 110 Å². The van der Waals surface area contributed by atoms with Gasteiger partial charge in [-0.2, -0.15) is 4.31 Å². The molecule has 10 heteroatoms. The zero-order valence-electron chi connectivity index (χ0n) is 16.3. The van der Waals surface area contributed by atoms with Gasteiger partial charge in [0, 0.05) is 24.3 Å². The van der Waals surface area contributed by atoms with Gasteiger partial charge in [-0.15, -0.1) is 5.10 Å². The lowest BCUT2D eigenvalue weighted by atomic mass is 10.2. The molecule has 9 nitrogen and oxygen atoms in total. The molecule has 3 aromatic rings. The van der Waals surface area contributed by atoms with E-state index < -0.39 is 10.0 Å². The number of anilines is 1. The number of hydrogen-bond acceptors (Lipinski definition) is 6. The lowest BCUT2D eigenvalue weighted by molar-refractivity contribution is 0.102. The zero-order chi connectivity index (χ0) is 21.0. The molecule has 0 aliphatic carbocycles. The number of hydrogen-bond donors (Lipinski definition) is 1. The van der Waals surface area contributed by atoms with Gasteiger partial charge >= 0.3 is 0 Å². The van der Waals surface area contributed by atoms with Crippen molar-refractivity contribution in [1.29, 1.82) is 0 Å². The van der Waals surface area contributed by atoms with Crippen LogP contribution in [0.15, 0.2) is 59.8 Å². The molecule has 0 saturated carbocycles. The maximum atomic E-state index is 12.8. The van der Waals surface area contributed by atoms with Crippen molar-refractivity contribution in [2.24, 2.45) is 0 Å². The molecule has 30 heavy (non-hydrogen) atoms. The summed E-state index contributed by atoms with van der Waals surface area (Å²) in [5, 5.41) is 13.7. The quantitative estimate of drug-likeness (QED) is 0.671. The lowest BCUT2D eigenvalue weighted by Gasteiger charge is -2.20. The van der Waals surface area contributed by atoms with Crippen LogP contribution in [0.1, 0.15) is 36.0 Å². The van der Waals surface area contributed by atoms with Crippen LogP contribution in [-0.2, 0) is 10.0 Å². The Hall–Kier alpha value is -3.11. The summed E-state index contributed by atoms with van der Waals surface area (Å²) in [5.41, 5.74) is 1.73. The fraction of sp³-hybridized carbons (Fsp3) is 0.300. The predicted molar refractivity (Wildman–Crippen MR) is 111 cm³/mol. The number of aromatic nitrogens is 4. The summed E-state index contributed by atoms with van der Waals surface area (Å²) >= 11 is 0. The summed E-state index contributed by atoms with van der Waals surface area (Å²) in [6.45, 7) is 1.11. The van der Waals surface area contributed by atoms with Gasteiger partial charge in [-0.3, -0.25) is 4.79 Å². The average molecular weight is 427 g/mol. The molecule has 4 rings (SSSR count). The summed E-state index contributed by atoms with van der Waals surface area (Å²) in [6.07, 6.45) is 5.37. The number of carbonyl (C=O) groups excluding carboxylic acids is 1. The van der Waals surface area contributed by atoms with Crippen LogP contribution < -0.4 is 5.32 Å². The summed E-state index contributed by atoms with van der Waals surface area (Å²) in [7, 11) is -3.51. The van der Waals surface area contributed by atoms with E-state index >= 15 is 0 Å². The van der Waals surface area contributed by atoms with E-state index in [1.165, 1.54) is 23.1 Å². The van der Waals surface area contributed by atoms with Crippen molar-refractivity contribution in [2.45, 2.75) is 30.6 Å². The van der Waals surface area contributed by atoms with Crippen molar-refractivity contribution in [2.75, 3.05) is 18.4 Å². The van der Waals surface area contributed by atoms with Gasteiger partial charge in [-0.25, -0.2) is 13.1 Å². The Bertz CT molecular complexity index is 1090. The Labute approximate surface area is 174 Å². The molecule has 1 saturated heterocycles. The number of amides is 1. The smallest absolute Gasteiger partial charge is 0.255 e. The van der Waals surface area contributed by atoms with Crippen molar-refractivity contribution < 1.29 is 13.2 Å². The number of nitrogens with one attached hydrogen (secondary N) is 1. The highest BCUT2D eigenvalue weighted by molar-refractivity contribution is 7.89. The molecule has 0 radical (unpaired) electrons. The van der Waals surface area contributed by atoms with Crippen molar-refractivity contribution in [3.05, 3.63) is 60.4 Å². The Morgan fingerprint density at radius 3 is 2.17 bits per heavy atom. The molecule has 0 bridgehead atoms. The van der Waals surface area contributed by atoms with Crippen LogP contribution in [0, 0.1) is 0 Å². The van der Waals surface area contributed by atoms with Crippen LogP contribution in [-0.4, -0.2) is 51.9 Å². The number of tetrazole rings is 1. The van der Waals surface area contributed by atoms with Gasteiger partial charge in [0.25, 0.3) is 5.91 Å².